The lowest BCUT2D eigenvalue weighted by atomic mass is 9.46. The van der Waals surface area contributed by atoms with Crippen LogP contribution in [0, 0.1) is 0 Å². The van der Waals surface area contributed by atoms with Crippen molar-refractivity contribution in [2.75, 3.05) is 9.71 Å². The molecule has 5 heterocycles. The minimum Gasteiger partial charge on any atom is -0.456 e. The van der Waals surface area contributed by atoms with Crippen molar-refractivity contribution in [1.29, 1.82) is 0 Å². The molecule has 6 heteroatoms. The van der Waals surface area contributed by atoms with Crippen LogP contribution in [0.25, 0.3) is 65.1 Å². The van der Waals surface area contributed by atoms with Gasteiger partial charge in [-0.25, -0.2) is 0 Å². The van der Waals surface area contributed by atoms with Crippen molar-refractivity contribution >= 4 is 111 Å². The van der Waals surface area contributed by atoms with Gasteiger partial charge in [-0.2, -0.15) is 0 Å². The molecule has 3 aromatic heterocycles. The normalized spacial score (nSPS) is 18.1. The van der Waals surface area contributed by atoms with E-state index >= 15 is 0 Å². The zero-order chi connectivity index (χ0) is 47.8. The Balaban J connectivity index is 1.14. The summed E-state index contributed by atoms with van der Waals surface area (Å²) in [5, 5.41) is 5.97. The molecule has 0 radical (unpaired) electrons. The fourth-order valence-electron chi connectivity index (χ4n) is 13.4. The molecule has 7 aromatic carbocycles. The molecule has 0 saturated heterocycles. The Labute approximate surface area is 416 Å². The summed E-state index contributed by atoms with van der Waals surface area (Å²) in [4.78, 5) is 5.30. The van der Waals surface area contributed by atoms with Crippen LogP contribution in [0.15, 0.2) is 130 Å². The number of unbranched alkanes of at least 4 members (excludes halogenated alkanes) is 1. The molecule has 0 spiro atoms. The minimum atomic E-state index is -0.149. The number of rotatable bonds is 5. The summed E-state index contributed by atoms with van der Waals surface area (Å²) in [6.45, 7) is 21.6. The molecule has 10 aromatic rings. The largest absolute Gasteiger partial charge is 0.456 e. The third kappa shape index (κ3) is 5.89. The maximum atomic E-state index is 7.30. The predicted molar refractivity (Wildman–Crippen MR) is 299 cm³/mol. The van der Waals surface area contributed by atoms with Crippen molar-refractivity contribution in [2.45, 2.75) is 129 Å². The third-order valence-corrected chi connectivity index (χ3v) is 18.9. The van der Waals surface area contributed by atoms with Crippen LogP contribution in [0.4, 0.5) is 28.4 Å². The second kappa shape index (κ2) is 14.4. The summed E-state index contributed by atoms with van der Waals surface area (Å²) in [6, 6.07) is 46.8. The first-order valence-corrected chi connectivity index (χ1v) is 26.8. The number of anilines is 5. The van der Waals surface area contributed by atoms with Crippen LogP contribution in [-0.4, -0.2) is 6.85 Å². The van der Waals surface area contributed by atoms with Crippen LogP contribution in [0.5, 0.6) is 0 Å². The van der Waals surface area contributed by atoms with Gasteiger partial charge < -0.3 is 18.5 Å². The van der Waals surface area contributed by atoms with Gasteiger partial charge in [-0.15, -0.1) is 11.3 Å². The van der Waals surface area contributed by atoms with E-state index in [1.165, 1.54) is 94.3 Å². The summed E-state index contributed by atoms with van der Waals surface area (Å²) in [6.07, 6.45) is 8.04. The first kappa shape index (κ1) is 42.6. The second-order valence-electron chi connectivity index (χ2n) is 24.0. The van der Waals surface area contributed by atoms with E-state index in [0.717, 1.165) is 82.3 Å². The third-order valence-electron chi connectivity index (χ3n) is 17.7. The van der Waals surface area contributed by atoms with Gasteiger partial charge in [0.15, 0.2) is 5.58 Å². The Morgan fingerprint density at radius 2 is 1.19 bits per heavy atom. The first-order valence-electron chi connectivity index (χ1n) is 26.0. The summed E-state index contributed by atoms with van der Waals surface area (Å²) in [5.41, 5.74) is 20.9. The van der Waals surface area contributed by atoms with Crippen molar-refractivity contribution in [3.05, 3.63) is 149 Å². The van der Waals surface area contributed by atoms with E-state index in [9.17, 15) is 0 Å². The monoisotopic (exact) mass is 932 g/mol. The number of para-hydroxylation sites is 2. The molecule has 70 heavy (non-hydrogen) atoms. The highest BCUT2D eigenvalue weighted by Gasteiger charge is 2.49. The van der Waals surface area contributed by atoms with Gasteiger partial charge in [0.1, 0.15) is 16.7 Å². The smallest absolute Gasteiger partial charge is 0.343 e. The average Bonchev–Trinajstić information content (AvgIpc) is 4.04. The Bertz CT molecular complexity index is 3860. The van der Waals surface area contributed by atoms with Gasteiger partial charge in [0.05, 0.1) is 11.4 Å². The molecular weight excluding hydrogens is 872 g/mol. The topological polar surface area (TPSA) is 32.8 Å². The highest BCUT2D eigenvalue weighted by molar-refractivity contribution is 7.32. The standard InChI is InChI=1S/C64H61BN2O2S/c1-10-11-17-37-22-25-55-46(30-37)57-60(70-55)65-56-44(33-45-40-20-15-16-21-52(40)69-59(45)58(56)66(57)39-23-24-47-48(31-39)62(4,5)27-26-61(47,2)3)41-32-42-43-34-49-50(64(8,9)29-28-63(49,6)7)35-53(43)68-54(42)36-51(41)67(65)38-18-13-12-14-19-38/h12-16,18-25,30-36H,10-11,17,26-29H2,1-9H3. The van der Waals surface area contributed by atoms with Crippen LogP contribution in [0.1, 0.15) is 129 Å². The quantitative estimate of drug-likeness (QED) is 0.161. The highest BCUT2D eigenvalue weighted by atomic mass is 32.1. The Hall–Kier alpha value is -6.24. The number of benzene rings is 7. The number of nitrogens with zero attached hydrogens (tertiary/aromatic N) is 2. The van der Waals surface area contributed by atoms with Crippen LogP contribution in [-0.2, 0) is 28.1 Å². The van der Waals surface area contributed by atoms with Crippen LogP contribution in [0.3, 0.4) is 0 Å². The molecule has 4 nitrogen and oxygen atoms in total. The summed E-state index contributed by atoms with van der Waals surface area (Å²) in [7, 11) is 0. The van der Waals surface area contributed by atoms with E-state index in [0.29, 0.717) is 0 Å². The van der Waals surface area contributed by atoms with E-state index in [2.05, 4.69) is 193 Å². The molecule has 4 aliphatic rings. The molecule has 348 valence electrons. The molecule has 14 rings (SSSR count). The number of fused-ring (bicyclic) bond motifs is 15. The maximum Gasteiger partial charge on any atom is 0.343 e. The molecule has 0 bridgehead atoms. The lowest BCUT2D eigenvalue weighted by Gasteiger charge is -2.45. The molecule has 2 aliphatic carbocycles. The van der Waals surface area contributed by atoms with Gasteiger partial charge in [0.25, 0.3) is 0 Å². The van der Waals surface area contributed by atoms with Gasteiger partial charge in [-0.05, 0) is 166 Å². The Kier molecular flexibility index (Phi) is 8.79. The zero-order valence-corrected chi connectivity index (χ0v) is 43.0. The molecule has 0 unspecified atom stereocenters. The lowest BCUT2D eigenvalue weighted by molar-refractivity contribution is 0.332. The minimum absolute atomic E-state index is 0.0306. The van der Waals surface area contributed by atoms with Crippen LogP contribution in [0.2, 0.25) is 0 Å². The fourth-order valence-corrected chi connectivity index (χ4v) is 14.7. The Morgan fingerprint density at radius 3 is 1.94 bits per heavy atom. The Morgan fingerprint density at radius 1 is 0.529 bits per heavy atom. The lowest BCUT2D eigenvalue weighted by Crippen LogP contribution is -2.60. The van der Waals surface area contributed by atoms with Crippen molar-refractivity contribution in [1.82, 2.24) is 0 Å². The van der Waals surface area contributed by atoms with E-state index in [4.69, 9.17) is 8.83 Å². The number of thiophene rings is 1. The zero-order valence-electron chi connectivity index (χ0n) is 42.2. The van der Waals surface area contributed by atoms with Crippen molar-refractivity contribution in [2.24, 2.45) is 0 Å². The summed E-state index contributed by atoms with van der Waals surface area (Å²) in [5.74, 6) is 0. The number of hydrogen-bond donors (Lipinski definition) is 0. The molecule has 0 amide bonds. The van der Waals surface area contributed by atoms with E-state index in [-0.39, 0.29) is 28.5 Å². The molecular formula is C64H61BN2O2S. The second-order valence-corrected chi connectivity index (χ2v) is 25.1. The van der Waals surface area contributed by atoms with Gasteiger partial charge in [-0.1, -0.05) is 117 Å². The number of furan rings is 2. The molecule has 2 aliphatic heterocycles. The molecule has 0 N–H and O–H groups in total. The van der Waals surface area contributed by atoms with Crippen molar-refractivity contribution < 1.29 is 8.83 Å². The summed E-state index contributed by atoms with van der Waals surface area (Å²) < 4.78 is 17.1. The number of hydrogen-bond acceptors (Lipinski definition) is 5. The van der Waals surface area contributed by atoms with Gasteiger partial charge >= 0.3 is 6.85 Å². The van der Waals surface area contributed by atoms with E-state index < -0.39 is 0 Å². The van der Waals surface area contributed by atoms with Gasteiger partial charge in [0, 0.05) is 65.1 Å². The van der Waals surface area contributed by atoms with E-state index in [1.807, 2.05) is 11.3 Å². The average molecular weight is 933 g/mol. The predicted octanol–water partition coefficient (Wildman–Crippen LogP) is 17.4. The van der Waals surface area contributed by atoms with Gasteiger partial charge in [0.2, 0.25) is 0 Å². The molecule has 0 atom stereocenters. The first-order chi connectivity index (χ1) is 33.6. The van der Waals surface area contributed by atoms with Crippen molar-refractivity contribution in [3.63, 3.8) is 0 Å². The molecule has 0 fully saturated rings. The molecule has 0 saturated carbocycles. The highest BCUT2D eigenvalue weighted by Crippen LogP contribution is 2.56. The van der Waals surface area contributed by atoms with Crippen molar-refractivity contribution in [3.8, 4) is 11.1 Å². The fraction of sp³-hybridized carbons (Fsp3) is 0.312. The SMILES string of the molecule is CCCCc1ccc2sc3c(c2c1)N(c1ccc2c(c1)C(C)(C)CCC2(C)C)c1c2c(cc4c1oc1ccccc14)-c1cc4c(cc1N(c1ccccc1)B32)oc1cc2c(cc14)C(C)(C)CCC2(C)C. The van der Waals surface area contributed by atoms with Crippen LogP contribution >= 0.6 is 11.3 Å². The van der Waals surface area contributed by atoms with Crippen LogP contribution < -0.4 is 20.0 Å². The van der Waals surface area contributed by atoms with E-state index in [1.54, 1.807) is 0 Å². The van der Waals surface area contributed by atoms with Gasteiger partial charge in [-0.3, -0.25) is 0 Å². The maximum absolute atomic E-state index is 7.30. The summed E-state index contributed by atoms with van der Waals surface area (Å²) >= 11 is 1.97. The number of aryl methyl sites for hydroxylation is 1.